The van der Waals surface area contributed by atoms with Crippen LogP contribution >= 0.6 is 0 Å². The molecule has 3 fully saturated rings. The van der Waals surface area contributed by atoms with E-state index in [1.54, 1.807) is 0 Å². The summed E-state index contributed by atoms with van der Waals surface area (Å²) in [6.07, 6.45) is 12.5. The number of ketones is 1. The third-order valence-electron chi connectivity index (χ3n) is 8.60. The number of fused-ring (bicyclic) bond motifs is 5. The highest BCUT2D eigenvalue weighted by atomic mass is 16.5. The molecule has 0 aromatic rings. The zero-order valence-corrected chi connectivity index (χ0v) is 15.5. The van der Waals surface area contributed by atoms with Gasteiger partial charge in [0.25, 0.3) is 0 Å². The number of allylic oxidation sites excluding steroid dienone is 1. The summed E-state index contributed by atoms with van der Waals surface area (Å²) in [4.78, 5) is 12.1. The summed E-state index contributed by atoms with van der Waals surface area (Å²) in [5.41, 5.74) is 1.92. The van der Waals surface area contributed by atoms with Crippen LogP contribution in [-0.4, -0.2) is 19.0 Å². The van der Waals surface area contributed by atoms with Crippen LogP contribution in [0.1, 0.15) is 58.8 Å². The fourth-order valence-electron chi connectivity index (χ4n) is 7.23. The normalized spacial score (nSPS) is 50.5. The van der Waals surface area contributed by atoms with Crippen LogP contribution in [0.25, 0.3) is 0 Å². The van der Waals surface area contributed by atoms with Gasteiger partial charge in [0.2, 0.25) is 0 Å². The summed E-state index contributed by atoms with van der Waals surface area (Å²) in [6.45, 7) is 9.08. The lowest BCUT2D eigenvalue weighted by atomic mass is 9.46. The molecule has 6 unspecified atom stereocenters. The molecule has 7 atom stereocenters. The maximum atomic E-state index is 12.1. The lowest BCUT2D eigenvalue weighted by Crippen LogP contribution is -2.54. The fourth-order valence-corrected chi connectivity index (χ4v) is 7.23. The molecule has 0 radical (unpaired) electrons. The van der Waals surface area contributed by atoms with Crippen molar-refractivity contribution in [2.45, 2.75) is 64.9 Å². The molecule has 0 bridgehead atoms. The SMILES string of the molecule is C=CC1CCC2C3C[C@@H](OC)C4=CC(=O)CCC4(C)C3CCC12C. The van der Waals surface area contributed by atoms with Crippen molar-refractivity contribution in [1.29, 1.82) is 0 Å². The van der Waals surface area contributed by atoms with E-state index >= 15 is 0 Å². The van der Waals surface area contributed by atoms with Crippen LogP contribution in [0.3, 0.4) is 0 Å². The molecular weight excluding hydrogens is 296 g/mol. The third-order valence-corrected chi connectivity index (χ3v) is 8.60. The van der Waals surface area contributed by atoms with Crippen LogP contribution in [0.2, 0.25) is 0 Å². The standard InChI is InChI=1S/C22H32O2/c1-5-14-6-7-17-16-13-20(24-4)19-12-15(23)8-10-22(19,3)18(16)9-11-21(14,17)2/h5,12,14,16-18,20H,1,6-11,13H2,2-4H3/t14?,16?,17?,18?,20-,21?,22?/m1/s1. The van der Waals surface area contributed by atoms with E-state index in [2.05, 4.69) is 26.5 Å². The molecule has 4 aliphatic rings. The molecule has 0 aromatic heterocycles. The first-order valence-electron chi connectivity index (χ1n) is 9.84. The molecule has 0 N–H and O–H groups in total. The quantitative estimate of drug-likeness (QED) is 0.671. The van der Waals surface area contributed by atoms with E-state index in [-0.39, 0.29) is 11.5 Å². The highest BCUT2D eigenvalue weighted by molar-refractivity contribution is 5.91. The monoisotopic (exact) mass is 328 g/mol. The first-order chi connectivity index (χ1) is 11.4. The van der Waals surface area contributed by atoms with Crippen LogP contribution in [0, 0.1) is 34.5 Å². The minimum Gasteiger partial charge on any atom is -0.377 e. The average molecular weight is 328 g/mol. The molecule has 0 heterocycles. The van der Waals surface area contributed by atoms with Gasteiger partial charge < -0.3 is 4.74 Å². The Hall–Kier alpha value is -0.890. The average Bonchev–Trinajstić information content (AvgIpc) is 2.91. The predicted molar refractivity (Wildman–Crippen MR) is 96.6 cm³/mol. The number of rotatable bonds is 2. The summed E-state index contributed by atoms with van der Waals surface area (Å²) in [6, 6.07) is 0. The summed E-state index contributed by atoms with van der Waals surface area (Å²) < 4.78 is 5.92. The van der Waals surface area contributed by atoms with Gasteiger partial charge in [-0.25, -0.2) is 0 Å². The molecule has 132 valence electrons. The van der Waals surface area contributed by atoms with Crippen molar-refractivity contribution in [2.75, 3.05) is 7.11 Å². The third kappa shape index (κ3) is 2.08. The van der Waals surface area contributed by atoms with E-state index < -0.39 is 0 Å². The van der Waals surface area contributed by atoms with Crippen molar-refractivity contribution in [3.05, 3.63) is 24.3 Å². The van der Waals surface area contributed by atoms with Crippen LogP contribution in [0.4, 0.5) is 0 Å². The largest absolute Gasteiger partial charge is 0.377 e. The van der Waals surface area contributed by atoms with Crippen LogP contribution < -0.4 is 0 Å². The Labute approximate surface area is 146 Å². The number of carbonyl (C=O) groups excluding carboxylic acids is 1. The minimum absolute atomic E-state index is 0.144. The van der Waals surface area contributed by atoms with Gasteiger partial charge in [0.1, 0.15) is 0 Å². The molecule has 24 heavy (non-hydrogen) atoms. The first kappa shape index (κ1) is 16.6. The molecule has 2 heteroatoms. The molecular formula is C22H32O2. The van der Waals surface area contributed by atoms with Gasteiger partial charge in [-0.1, -0.05) is 19.9 Å². The number of methoxy groups -OCH3 is 1. The Morgan fingerprint density at radius 1 is 1.21 bits per heavy atom. The van der Waals surface area contributed by atoms with Gasteiger partial charge in [0.15, 0.2) is 5.78 Å². The Morgan fingerprint density at radius 3 is 2.71 bits per heavy atom. The number of ether oxygens (including phenoxy) is 1. The second-order valence-electron chi connectivity index (χ2n) is 9.28. The van der Waals surface area contributed by atoms with Crippen molar-refractivity contribution >= 4 is 5.78 Å². The lowest BCUT2D eigenvalue weighted by Gasteiger charge is -2.59. The molecule has 3 saturated carbocycles. The Bertz CT molecular complexity index is 591. The molecule has 4 aliphatic carbocycles. The summed E-state index contributed by atoms with van der Waals surface area (Å²) >= 11 is 0. The van der Waals surface area contributed by atoms with Crippen molar-refractivity contribution in [3.8, 4) is 0 Å². The molecule has 0 aromatic carbocycles. The lowest BCUT2D eigenvalue weighted by molar-refractivity contribution is -0.119. The zero-order valence-electron chi connectivity index (χ0n) is 15.5. The van der Waals surface area contributed by atoms with Gasteiger partial charge in [0.05, 0.1) is 6.10 Å². The number of carbonyl (C=O) groups is 1. The second-order valence-corrected chi connectivity index (χ2v) is 9.28. The highest BCUT2D eigenvalue weighted by Crippen LogP contribution is 2.66. The summed E-state index contributed by atoms with van der Waals surface area (Å²) in [5, 5.41) is 0. The zero-order chi connectivity index (χ0) is 17.1. The molecule has 0 amide bonds. The van der Waals surface area contributed by atoms with Crippen LogP contribution in [0.5, 0.6) is 0 Å². The van der Waals surface area contributed by atoms with Gasteiger partial charge in [-0.15, -0.1) is 6.58 Å². The van der Waals surface area contributed by atoms with Crippen molar-refractivity contribution in [2.24, 2.45) is 34.5 Å². The van der Waals surface area contributed by atoms with E-state index in [0.29, 0.717) is 17.1 Å². The Morgan fingerprint density at radius 2 is 2.00 bits per heavy atom. The first-order valence-corrected chi connectivity index (χ1v) is 9.84. The van der Waals surface area contributed by atoms with E-state index in [9.17, 15) is 4.79 Å². The van der Waals surface area contributed by atoms with Gasteiger partial charge in [-0.3, -0.25) is 4.79 Å². The Balaban J connectivity index is 1.73. The molecule has 2 nitrogen and oxygen atoms in total. The van der Waals surface area contributed by atoms with Crippen molar-refractivity contribution in [3.63, 3.8) is 0 Å². The molecule has 0 spiro atoms. The van der Waals surface area contributed by atoms with Gasteiger partial charge >= 0.3 is 0 Å². The van der Waals surface area contributed by atoms with Crippen molar-refractivity contribution < 1.29 is 9.53 Å². The van der Waals surface area contributed by atoms with E-state index in [4.69, 9.17) is 4.74 Å². The van der Waals surface area contributed by atoms with E-state index in [1.807, 2.05) is 13.2 Å². The van der Waals surface area contributed by atoms with Gasteiger partial charge in [-0.2, -0.15) is 0 Å². The predicted octanol–water partition coefficient (Wildman–Crippen LogP) is 4.95. The molecule has 0 saturated heterocycles. The molecule has 0 aliphatic heterocycles. The van der Waals surface area contributed by atoms with Crippen molar-refractivity contribution in [1.82, 2.24) is 0 Å². The fraction of sp³-hybridized carbons (Fsp3) is 0.773. The number of hydrogen-bond acceptors (Lipinski definition) is 2. The minimum atomic E-state index is 0.144. The van der Waals surface area contributed by atoms with Crippen LogP contribution in [0.15, 0.2) is 24.3 Å². The smallest absolute Gasteiger partial charge is 0.155 e. The van der Waals surface area contributed by atoms with Gasteiger partial charge in [-0.05, 0) is 84.7 Å². The Kier molecular flexibility index (Phi) is 3.84. The summed E-state index contributed by atoms with van der Waals surface area (Å²) in [5.74, 6) is 3.25. The maximum absolute atomic E-state index is 12.1. The number of hydrogen-bond donors (Lipinski definition) is 0. The van der Waals surface area contributed by atoms with E-state index in [1.165, 1.54) is 31.3 Å². The topological polar surface area (TPSA) is 26.3 Å². The molecule has 4 rings (SSSR count). The highest BCUT2D eigenvalue weighted by Gasteiger charge is 2.60. The second kappa shape index (κ2) is 5.56. The van der Waals surface area contributed by atoms with E-state index in [0.717, 1.165) is 37.0 Å². The maximum Gasteiger partial charge on any atom is 0.155 e. The summed E-state index contributed by atoms with van der Waals surface area (Å²) in [7, 11) is 1.83. The van der Waals surface area contributed by atoms with Crippen LogP contribution in [-0.2, 0) is 9.53 Å². The van der Waals surface area contributed by atoms with Gasteiger partial charge in [0, 0.05) is 13.5 Å².